The Kier molecular flexibility index (Phi) is 8.53. The first-order chi connectivity index (χ1) is 14.3. The van der Waals surface area contributed by atoms with Crippen molar-refractivity contribution < 1.29 is 14.2 Å². The number of allylic oxidation sites excluding steroid dienone is 1. The highest BCUT2D eigenvalue weighted by Gasteiger charge is 2.23. The van der Waals surface area contributed by atoms with Crippen LogP contribution in [0.25, 0.3) is 0 Å². The van der Waals surface area contributed by atoms with Crippen LogP contribution in [0.2, 0.25) is 0 Å². The Morgan fingerprint density at radius 2 is 2.14 bits per heavy atom. The highest BCUT2D eigenvalue weighted by atomic mass is 16.5. The predicted octanol–water partition coefficient (Wildman–Crippen LogP) is 4.44. The van der Waals surface area contributed by atoms with E-state index in [0.29, 0.717) is 25.9 Å². The maximum absolute atomic E-state index is 5.92. The average Bonchev–Trinajstić information content (AvgIpc) is 2.78. The average molecular weight is 397 g/mol. The fraction of sp³-hybridized carbons (Fsp3) is 0.458. The third kappa shape index (κ3) is 6.31. The Morgan fingerprint density at radius 3 is 2.93 bits per heavy atom. The Morgan fingerprint density at radius 1 is 1.21 bits per heavy atom. The zero-order valence-electron chi connectivity index (χ0n) is 17.4. The van der Waals surface area contributed by atoms with Crippen LogP contribution in [0.15, 0.2) is 55.4 Å². The van der Waals surface area contributed by atoms with Crippen LogP contribution in [0.5, 0.6) is 11.5 Å². The predicted molar refractivity (Wildman–Crippen MR) is 116 cm³/mol. The number of ether oxygens (including phenoxy) is 3. The third-order valence-corrected chi connectivity index (χ3v) is 5.32. The van der Waals surface area contributed by atoms with Crippen LogP contribution in [0, 0.1) is 0 Å². The van der Waals surface area contributed by atoms with E-state index in [1.807, 2.05) is 42.7 Å². The number of pyridine rings is 1. The van der Waals surface area contributed by atoms with Crippen molar-refractivity contribution in [2.24, 2.45) is 0 Å². The summed E-state index contributed by atoms with van der Waals surface area (Å²) in [6.07, 6.45) is 10.2. The fourth-order valence-electron chi connectivity index (χ4n) is 3.84. The third-order valence-electron chi connectivity index (χ3n) is 5.32. The van der Waals surface area contributed by atoms with Gasteiger partial charge in [-0.25, -0.2) is 0 Å². The Labute approximate surface area is 174 Å². The molecule has 0 radical (unpaired) electrons. The number of piperidine rings is 1. The van der Waals surface area contributed by atoms with E-state index in [-0.39, 0.29) is 0 Å². The number of aromatic nitrogens is 1. The molecule has 0 unspecified atom stereocenters. The van der Waals surface area contributed by atoms with Crippen molar-refractivity contribution in [2.45, 2.75) is 31.7 Å². The molecule has 1 fully saturated rings. The molecule has 1 aliphatic rings. The highest BCUT2D eigenvalue weighted by Crippen LogP contribution is 2.30. The van der Waals surface area contributed by atoms with Gasteiger partial charge < -0.3 is 14.2 Å². The summed E-state index contributed by atoms with van der Waals surface area (Å²) in [7, 11) is 1.67. The second-order valence-electron chi connectivity index (χ2n) is 7.26. The molecule has 5 nitrogen and oxygen atoms in total. The van der Waals surface area contributed by atoms with Crippen LogP contribution in [-0.4, -0.2) is 49.9 Å². The van der Waals surface area contributed by atoms with Crippen molar-refractivity contribution in [3.8, 4) is 11.5 Å². The smallest absolute Gasteiger partial charge is 0.123 e. The normalized spacial score (nSPS) is 17.1. The number of hydrogen-bond acceptors (Lipinski definition) is 5. The molecule has 29 heavy (non-hydrogen) atoms. The van der Waals surface area contributed by atoms with Crippen LogP contribution < -0.4 is 9.47 Å². The topological polar surface area (TPSA) is 43.8 Å². The first-order valence-electron chi connectivity index (χ1n) is 10.4. The summed E-state index contributed by atoms with van der Waals surface area (Å²) in [5.41, 5.74) is 2.39. The monoisotopic (exact) mass is 396 g/mol. The van der Waals surface area contributed by atoms with Gasteiger partial charge in [-0.3, -0.25) is 9.88 Å². The molecule has 0 spiro atoms. The van der Waals surface area contributed by atoms with Gasteiger partial charge in [-0.05, 0) is 55.6 Å². The SMILES string of the molecule is C=CCc1cc(OC)ccc1OCCOCCN1CCCC[C@H]1c1cccnc1. The van der Waals surface area contributed by atoms with Crippen LogP contribution in [-0.2, 0) is 11.2 Å². The molecule has 2 heterocycles. The molecular formula is C24H32N2O3. The van der Waals surface area contributed by atoms with Gasteiger partial charge in [-0.15, -0.1) is 6.58 Å². The van der Waals surface area contributed by atoms with E-state index in [2.05, 4.69) is 22.5 Å². The van der Waals surface area contributed by atoms with Gasteiger partial charge >= 0.3 is 0 Å². The van der Waals surface area contributed by atoms with Crippen molar-refractivity contribution >= 4 is 0 Å². The maximum Gasteiger partial charge on any atom is 0.123 e. The van der Waals surface area contributed by atoms with Crippen LogP contribution in [0.1, 0.15) is 36.4 Å². The van der Waals surface area contributed by atoms with Crippen molar-refractivity contribution in [1.82, 2.24) is 9.88 Å². The Bertz CT molecular complexity index is 751. The summed E-state index contributed by atoms with van der Waals surface area (Å²) >= 11 is 0. The molecule has 2 aromatic rings. The number of rotatable bonds is 11. The number of hydrogen-bond donors (Lipinski definition) is 0. The number of likely N-dealkylation sites (tertiary alicyclic amines) is 1. The first-order valence-corrected chi connectivity index (χ1v) is 10.4. The number of benzene rings is 1. The lowest BCUT2D eigenvalue weighted by Crippen LogP contribution is -2.36. The fourth-order valence-corrected chi connectivity index (χ4v) is 3.84. The van der Waals surface area contributed by atoms with E-state index >= 15 is 0 Å². The van der Waals surface area contributed by atoms with Gasteiger partial charge in [-0.2, -0.15) is 0 Å². The summed E-state index contributed by atoms with van der Waals surface area (Å²) in [5, 5.41) is 0. The first kappa shape index (κ1) is 21.3. The lowest BCUT2D eigenvalue weighted by atomic mass is 9.96. The van der Waals surface area contributed by atoms with E-state index in [0.717, 1.165) is 36.6 Å². The highest BCUT2D eigenvalue weighted by molar-refractivity contribution is 5.41. The van der Waals surface area contributed by atoms with Crippen molar-refractivity contribution in [2.75, 3.05) is 40.0 Å². The van der Waals surface area contributed by atoms with Gasteiger partial charge in [0, 0.05) is 30.5 Å². The van der Waals surface area contributed by atoms with Crippen LogP contribution >= 0.6 is 0 Å². The van der Waals surface area contributed by atoms with Gasteiger partial charge in [0.15, 0.2) is 0 Å². The standard InChI is InChI=1S/C24H32N2O3/c1-3-7-20-18-22(27-2)10-11-24(20)29-17-16-28-15-14-26-13-5-4-9-23(26)21-8-6-12-25-19-21/h3,6,8,10-12,18-19,23H,1,4-5,7,9,13-17H2,2H3/t23-/m0/s1. The summed E-state index contributed by atoms with van der Waals surface area (Å²) in [6.45, 7) is 7.69. The molecule has 0 bridgehead atoms. The van der Waals surface area contributed by atoms with E-state index < -0.39 is 0 Å². The molecular weight excluding hydrogens is 364 g/mol. The molecule has 156 valence electrons. The summed E-state index contributed by atoms with van der Waals surface area (Å²) in [6, 6.07) is 10.5. The van der Waals surface area contributed by atoms with E-state index in [4.69, 9.17) is 14.2 Å². The molecule has 1 aromatic carbocycles. The van der Waals surface area contributed by atoms with Crippen molar-refractivity contribution in [3.05, 3.63) is 66.5 Å². The molecule has 1 aliphatic heterocycles. The minimum atomic E-state index is 0.457. The zero-order chi connectivity index (χ0) is 20.3. The molecule has 0 amide bonds. The van der Waals surface area contributed by atoms with Crippen LogP contribution in [0.4, 0.5) is 0 Å². The second kappa shape index (κ2) is 11.6. The molecule has 1 aromatic heterocycles. The lowest BCUT2D eigenvalue weighted by Gasteiger charge is -2.35. The Hall–Kier alpha value is -2.37. The molecule has 5 heteroatoms. The molecule has 1 saturated heterocycles. The minimum Gasteiger partial charge on any atom is -0.497 e. The second-order valence-corrected chi connectivity index (χ2v) is 7.26. The van der Waals surface area contributed by atoms with E-state index in [1.165, 1.54) is 24.8 Å². The molecule has 1 atom stereocenters. The van der Waals surface area contributed by atoms with E-state index in [9.17, 15) is 0 Å². The molecule has 3 rings (SSSR count). The summed E-state index contributed by atoms with van der Waals surface area (Å²) < 4.78 is 17.1. The Balaban J connectivity index is 1.41. The number of methoxy groups -OCH3 is 1. The molecule has 0 N–H and O–H groups in total. The quantitative estimate of drug-likeness (QED) is 0.415. The maximum atomic E-state index is 5.92. The summed E-state index contributed by atoms with van der Waals surface area (Å²) in [4.78, 5) is 6.81. The van der Waals surface area contributed by atoms with Gasteiger partial charge in [-0.1, -0.05) is 18.6 Å². The van der Waals surface area contributed by atoms with Gasteiger partial charge in [0.25, 0.3) is 0 Å². The van der Waals surface area contributed by atoms with Gasteiger partial charge in [0.2, 0.25) is 0 Å². The molecule has 0 aliphatic carbocycles. The largest absolute Gasteiger partial charge is 0.497 e. The molecule has 0 saturated carbocycles. The number of nitrogens with zero attached hydrogens (tertiary/aromatic N) is 2. The van der Waals surface area contributed by atoms with Gasteiger partial charge in [0.1, 0.15) is 18.1 Å². The summed E-state index contributed by atoms with van der Waals surface area (Å²) in [5.74, 6) is 1.69. The van der Waals surface area contributed by atoms with Crippen molar-refractivity contribution in [3.63, 3.8) is 0 Å². The van der Waals surface area contributed by atoms with Crippen LogP contribution in [0.3, 0.4) is 0 Å². The van der Waals surface area contributed by atoms with Crippen molar-refractivity contribution in [1.29, 1.82) is 0 Å². The van der Waals surface area contributed by atoms with Gasteiger partial charge in [0.05, 0.1) is 20.3 Å². The lowest BCUT2D eigenvalue weighted by molar-refractivity contribution is 0.0570. The zero-order valence-corrected chi connectivity index (χ0v) is 17.4. The minimum absolute atomic E-state index is 0.457. The van der Waals surface area contributed by atoms with E-state index in [1.54, 1.807) is 7.11 Å².